The minimum atomic E-state index is -3.56. The van der Waals surface area contributed by atoms with Gasteiger partial charge in [-0.1, -0.05) is 13.3 Å². The fourth-order valence-corrected chi connectivity index (χ4v) is 7.23. The van der Waals surface area contributed by atoms with Crippen molar-refractivity contribution in [1.29, 1.82) is 0 Å². The number of anilines is 1. The Kier molecular flexibility index (Phi) is 9.34. The third-order valence-corrected chi connectivity index (χ3v) is 9.40. The zero-order valence-electron chi connectivity index (χ0n) is 20.0. The highest BCUT2D eigenvalue weighted by molar-refractivity contribution is 7.89. The van der Waals surface area contributed by atoms with Crippen molar-refractivity contribution in [3.63, 3.8) is 0 Å². The van der Waals surface area contributed by atoms with Crippen LogP contribution in [0.3, 0.4) is 0 Å². The summed E-state index contributed by atoms with van der Waals surface area (Å²) in [6, 6.07) is 5.98. The van der Waals surface area contributed by atoms with Crippen molar-refractivity contribution >= 4 is 50.6 Å². The van der Waals surface area contributed by atoms with E-state index in [1.165, 1.54) is 39.9 Å². The van der Waals surface area contributed by atoms with Gasteiger partial charge in [0, 0.05) is 36.6 Å². The van der Waals surface area contributed by atoms with Gasteiger partial charge in [0.2, 0.25) is 10.0 Å². The summed E-state index contributed by atoms with van der Waals surface area (Å²) in [5.74, 6) is -0.818. The minimum absolute atomic E-state index is 0. The molecule has 0 radical (unpaired) electrons. The molecule has 2 aliphatic heterocycles. The average Bonchev–Trinajstić information content (AvgIpc) is 3.21. The second kappa shape index (κ2) is 11.8. The van der Waals surface area contributed by atoms with E-state index in [2.05, 4.69) is 17.1 Å². The van der Waals surface area contributed by atoms with Gasteiger partial charge < -0.3 is 10.1 Å². The van der Waals surface area contributed by atoms with Crippen molar-refractivity contribution in [3.05, 3.63) is 45.8 Å². The summed E-state index contributed by atoms with van der Waals surface area (Å²) in [7, 11) is -3.56. The predicted octanol–water partition coefficient (Wildman–Crippen LogP) is 4.15. The summed E-state index contributed by atoms with van der Waals surface area (Å²) in [5.41, 5.74) is 1.72. The van der Waals surface area contributed by atoms with E-state index in [0.29, 0.717) is 29.2 Å². The number of carbonyl (C=O) groups is 2. The lowest BCUT2D eigenvalue weighted by Gasteiger charge is -2.25. The Morgan fingerprint density at radius 1 is 1.06 bits per heavy atom. The Bertz CT molecular complexity index is 1160. The number of rotatable bonds is 7. The molecule has 0 aliphatic carbocycles. The van der Waals surface area contributed by atoms with Crippen LogP contribution in [0.4, 0.5) is 5.00 Å². The number of benzene rings is 1. The maximum absolute atomic E-state index is 13.0. The minimum Gasteiger partial charge on any atom is -0.462 e. The number of carbonyl (C=O) groups excluding carboxylic acids is 2. The van der Waals surface area contributed by atoms with E-state index < -0.39 is 21.9 Å². The first-order valence-corrected chi connectivity index (χ1v) is 14.1. The number of halogens is 1. The largest absolute Gasteiger partial charge is 0.462 e. The van der Waals surface area contributed by atoms with E-state index >= 15 is 0 Å². The lowest BCUT2D eigenvalue weighted by atomic mass is 10.0. The molecule has 2 aromatic rings. The Morgan fingerprint density at radius 2 is 1.74 bits per heavy atom. The summed E-state index contributed by atoms with van der Waals surface area (Å²) in [6.45, 7) is 7.68. The first-order valence-electron chi connectivity index (χ1n) is 11.8. The molecule has 35 heavy (non-hydrogen) atoms. The highest BCUT2D eigenvalue weighted by atomic mass is 35.5. The number of esters is 1. The van der Waals surface area contributed by atoms with Gasteiger partial charge >= 0.3 is 5.97 Å². The van der Waals surface area contributed by atoms with E-state index in [1.807, 2.05) is 0 Å². The van der Waals surface area contributed by atoms with Crippen molar-refractivity contribution in [1.82, 2.24) is 9.21 Å². The average molecular weight is 542 g/mol. The first kappa shape index (κ1) is 27.6. The zero-order valence-corrected chi connectivity index (χ0v) is 22.5. The van der Waals surface area contributed by atoms with Crippen molar-refractivity contribution in [2.75, 3.05) is 38.1 Å². The summed E-state index contributed by atoms with van der Waals surface area (Å²) >= 11 is 1.41. The second-order valence-corrected chi connectivity index (χ2v) is 11.5. The van der Waals surface area contributed by atoms with E-state index in [-0.39, 0.29) is 23.9 Å². The molecule has 0 bridgehead atoms. The van der Waals surface area contributed by atoms with Gasteiger partial charge in [0.25, 0.3) is 5.91 Å². The molecule has 11 heteroatoms. The van der Waals surface area contributed by atoms with Gasteiger partial charge in [0.1, 0.15) is 5.00 Å². The number of ether oxygens (including phenoxy) is 1. The van der Waals surface area contributed by atoms with E-state index in [4.69, 9.17) is 4.74 Å². The number of nitrogens with zero attached hydrogens (tertiary/aromatic N) is 2. The number of thiophene rings is 1. The number of hydrogen-bond acceptors (Lipinski definition) is 7. The van der Waals surface area contributed by atoms with Crippen molar-refractivity contribution in [2.24, 2.45) is 0 Å². The molecule has 0 saturated carbocycles. The van der Waals surface area contributed by atoms with E-state index in [1.54, 1.807) is 6.92 Å². The molecule has 1 N–H and O–H groups in total. The van der Waals surface area contributed by atoms with Crippen molar-refractivity contribution < 1.29 is 22.7 Å². The monoisotopic (exact) mass is 541 g/mol. The van der Waals surface area contributed by atoms with Crippen LogP contribution in [0, 0.1) is 0 Å². The third kappa shape index (κ3) is 5.89. The van der Waals surface area contributed by atoms with Crippen molar-refractivity contribution in [3.8, 4) is 0 Å². The maximum atomic E-state index is 13.0. The number of hydrogen-bond donors (Lipinski definition) is 1. The van der Waals surface area contributed by atoms with Gasteiger partial charge in [-0.05, 0) is 62.6 Å². The van der Waals surface area contributed by atoms with Crippen LogP contribution in [0.2, 0.25) is 0 Å². The van der Waals surface area contributed by atoms with Gasteiger partial charge in [-0.15, -0.1) is 23.7 Å². The molecule has 8 nitrogen and oxygen atoms in total. The molecule has 1 fully saturated rings. The standard InChI is InChI=1S/C24H31N3O5S2.ClH/c1-3-26-15-12-19-20(16-26)33-23(21(19)24(29)32-4-2)25-22(28)17-8-10-18(11-9-17)34(30,31)27-13-6-5-7-14-27;/h8-11H,3-7,12-16H2,1-2H3,(H,25,28);1H. The molecule has 2 aliphatic rings. The fraction of sp³-hybridized carbons (Fsp3) is 0.500. The van der Waals surface area contributed by atoms with Gasteiger partial charge in [-0.2, -0.15) is 4.31 Å². The Labute approximate surface area is 217 Å². The molecule has 0 spiro atoms. The summed E-state index contributed by atoms with van der Waals surface area (Å²) < 4.78 is 32.5. The summed E-state index contributed by atoms with van der Waals surface area (Å²) in [6.07, 6.45) is 3.50. The molecule has 1 amide bonds. The number of sulfonamides is 1. The molecule has 1 saturated heterocycles. The van der Waals surface area contributed by atoms with E-state index in [9.17, 15) is 18.0 Å². The molecule has 4 rings (SSSR count). The van der Waals surface area contributed by atoms with Gasteiger partial charge in [-0.25, -0.2) is 13.2 Å². The first-order chi connectivity index (χ1) is 16.3. The molecule has 3 heterocycles. The number of fused-ring (bicyclic) bond motifs is 1. The summed E-state index contributed by atoms with van der Waals surface area (Å²) in [4.78, 5) is 29.3. The number of nitrogens with one attached hydrogen (secondary N) is 1. The molecule has 0 unspecified atom stereocenters. The fourth-order valence-electron chi connectivity index (χ4n) is 4.44. The highest BCUT2D eigenvalue weighted by Crippen LogP contribution is 2.38. The van der Waals surface area contributed by atoms with Gasteiger partial charge in [-0.3, -0.25) is 9.69 Å². The SMILES string of the molecule is CCOC(=O)c1c(NC(=O)c2ccc(S(=O)(=O)N3CCCCC3)cc2)sc2c1CCN(CC)C2.Cl. The topological polar surface area (TPSA) is 96.0 Å². The van der Waals surface area contributed by atoms with Crippen LogP contribution in [0.5, 0.6) is 0 Å². The third-order valence-electron chi connectivity index (χ3n) is 6.36. The zero-order chi connectivity index (χ0) is 24.3. The van der Waals surface area contributed by atoms with Crippen LogP contribution in [0.25, 0.3) is 0 Å². The lowest BCUT2D eigenvalue weighted by Crippen LogP contribution is -2.35. The van der Waals surface area contributed by atoms with Crippen LogP contribution >= 0.6 is 23.7 Å². The maximum Gasteiger partial charge on any atom is 0.341 e. The predicted molar refractivity (Wildman–Crippen MR) is 139 cm³/mol. The van der Waals surface area contributed by atoms with Crippen LogP contribution in [-0.4, -0.2) is 62.3 Å². The molecular weight excluding hydrogens is 510 g/mol. The van der Waals surface area contributed by atoms with Crippen LogP contribution in [-0.2, 0) is 27.7 Å². The second-order valence-electron chi connectivity index (χ2n) is 8.49. The molecular formula is C24H32ClN3O5S2. The lowest BCUT2D eigenvalue weighted by molar-refractivity contribution is 0.0526. The van der Waals surface area contributed by atoms with Crippen LogP contribution < -0.4 is 5.32 Å². The smallest absolute Gasteiger partial charge is 0.341 e. The Hall–Kier alpha value is -1.98. The van der Waals surface area contributed by atoms with Crippen LogP contribution in [0.1, 0.15) is 64.3 Å². The molecule has 192 valence electrons. The quantitative estimate of drug-likeness (QED) is 0.529. The van der Waals surface area contributed by atoms with Gasteiger partial charge in [0.15, 0.2) is 0 Å². The van der Waals surface area contributed by atoms with Gasteiger partial charge in [0.05, 0.1) is 17.1 Å². The molecule has 1 aromatic heterocycles. The molecule has 1 aromatic carbocycles. The van der Waals surface area contributed by atoms with Crippen LogP contribution in [0.15, 0.2) is 29.2 Å². The number of likely N-dealkylation sites (N-methyl/N-ethyl adjacent to an activating group) is 1. The van der Waals surface area contributed by atoms with E-state index in [0.717, 1.165) is 55.8 Å². The number of piperidine rings is 1. The normalized spacial score (nSPS) is 16.7. The number of amides is 1. The molecule has 0 atom stereocenters. The Morgan fingerprint density at radius 3 is 2.37 bits per heavy atom. The van der Waals surface area contributed by atoms with Crippen molar-refractivity contribution in [2.45, 2.75) is 51.0 Å². The summed E-state index contributed by atoms with van der Waals surface area (Å²) in [5, 5.41) is 3.36. The highest BCUT2D eigenvalue weighted by Gasteiger charge is 2.30. The Balaban J connectivity index is 0.00000342.